The largest absolute Gasteiger partial charge is 0.341 e. The van der Waals surface area contributed by atoms with Gasteiger partial charge in [-0.25, -0.2) is 0 Å². The fourth-order valence-electron chi connectivity index (χ4n) is 3.46. The van der Waals surface area contributed by atoms with Gasteiger partial charge in [-0.15, -0.1) is 10.2 Å². The fraction of sp³-hybridized carbons (Fsp3) is 0.550. The van der Waals surface area contributed by atoms with E-state index in [1.165, 1.54) is 24.6 Å². The van der Waals surface area contributed by atoms with E-state index in [2.05, 4.69) is 31.9 Å². The first-order valence-corrected chi connectivity index (χ1v) is 11.7. The maximum atomic E-state index is 12.7. The molecule has 1 atom stereocenters. The third-order valence-corrected chi connectivity index (χ3v) is 7.07. The van der Waals surface area contributed by atoms with Gasteiger partial charge in [0.15, 0.2) is 5.16 Å². The number of thioether (sulfide) groups is 1. The molecule has 29 heavy (non-hydrogen) atoms. The van der Waals surface area contributed by atoms with Crippen molar-refractivity contribution in [1.82, 2.24) is 14.8 Å². The van der Waals surface area contributed by atoms with Crippen molar-refractivity contribution in [3.63, 3.8) is 0 Å². The Morgan fingerprint density at radius 1 is 1.21 bits per heavy atom. The number of amides is 1. The minimum absolute atomic E-state index is 0.127. The zero-order valence-corrected chi connectivity index (χ0v) is 18.9. The normalized spacial score (nSPS) is 18.7. The van der Waals surface area contributed by atoms with E-state index in [0.29, 0.717) is 21.8 Å². The first-order valence-electron chi connectivity index (χ1n) is 10.0. The van der Waals surface area contributed by atoms with Crippen LogP contribution in [-0.2, 0) is 4.79 Å². The van der Waals surface area contributed by atoms with Gasteiger partial charge in [0.05, 0.1) is 16.0 Å². The molecule has 0 spiro atoms. The average Bonchev–Trinajstić information content (AvgIpc) is 3.45. The van der Waals surface area contributed by atoms with E-state index < -0.39 is 0 Å². The van der Waals surface area contributed by atoms with Gasteiger partial charge in [-0.2, -0.15) is 0 Å². The molecule has 1 aromatic carbocycles. The van der Waals surface area contributed by atoms with E-state index in [9.17, 15) is 4.79 Å². The Kier molecular flexibility index (Phi) is 6.27. The maximum absolute atomic E-state index is 12.7. The number of hydrogen-bond acceptors (Lipinski definition) is 5. The summed E-state index contributed by atoms with van der Waals surface area (Å²) in [7, 11) is 0. The van der Waals surface area contributed by atoms with Crippen LogP contribution in [0.25, 0.3) is 0 Å². The highest BCUT2D eigenvalue weighted by Gasteiger charge is 2.33. The summed E-state index contributed by atoms with van der Waals surface area (Å²) in [5.74, 6) is 1.59. The number of nitrogens with zero attached hydrogens (tertiary/aromatic N) is 4. The van der Waals surface area contributed by atoms with Crippen LogP contribution in [0.4, 0.5) is 11.6 Å². The number of halogens is 2. The number of benzene rings is 1. The molecular weight excluding hydrogens is 429 g/mol. The second-order valence-corrected chi connectivity index (χ2v) is 10.1. The molecule has 1 aromatic heterocycles. The summed E-state index contributed by atoms with van der Waals surface area (Å²) in [6.07, 6.45) is 4.65. The summed E-state index contributed by atoms with van der Waals surface area (Å²) in [5.41, 5.74) is 0.556. The number of nitrogens with one attached hydrogen (secondary N) is 1. The first kappa shape index (κ1) is 20.8. The van der Waals surface area contributed by atoms with Crippen LogP contribution < -0.4 is 10.2 Å². The number of piperidine rings is 1. The monoisotopic (exact) mass is 453 g/mol. The number of aromatic nitrogens is 3. The number of carbonyl (C=O) groups is 1. The summed E-state index contributed by atoms with van der Waals surface area (Å²) in [6, 6.07) is 5.48. The van der Waals surface area contributed by atoms with Gasteiger partial charge < -0.3 is 10.2 Å². The number of hydrogen-bond donors (Lipinski definition) is 1. The quantitative estimate of drug-likeness (QED) is 0.602. The molecule has 6 nitrogen and oxygen atoms in total. The minimum atomic E-state index is -0.335. The van der Waals surface area contributed by atoms with Gasteiger partial charge in [0.1, 0.15) is 0 Å². The van der Waals surface area contributed by atoms with Gasteiger partial charge in [0.25, 0.3) is 0 Å². The van der Waals surface area contributed by atoms with E-state index in [1.807, 2.05) is 6.92 Å². The predicted molar refractivity (Wildman–Crippen MR) is 119 cm³/mol. The Hall–Kier alpha value is -1.44. The molecule has 1 aliphatic heterocycles. The van der Waals surface area contributed by atoms with Crippen LogP contribution in [0.3, 0.4) is 0 Å². The van der Waals surface area contributed by atoms with Crippen molar-refractivity contribution in [2.75, 3.05) is 23.3 Å². The van der Waals surface area contributed by atoms with Crippen LogP contribution in [0.1, 0.15) is 45.6 Å². The highest BCUT2D eigenvalue weighted by atomic mass is 35.5. The second kappa shape index (κ2) is 8.74. The van der Waals surface area contributed by atoms with E-state index in [4.69, 9.17) is 23.2 Å². The molecule has 0 radical (unpaired) electrons. The molecule has 1 saturated carbocycles. The van der Waals surface area contributed by atoms with E-state index in [1.54, 1.807) is 18.2 Å². The molecule has 2 aromatic rings. The van der Waals surface area contributed by atoms with Crippen LogP contribution in [0, 0.1) is 5.92 Å². The van der Waals surface area contributed by atoms with Crippen LogP contribution >= 0.6 is 35.0 Å². The van der Waals surface area contributed by atoms with Gasteiger partial charge in [0, 0.05) is 24.2 Å². The lowest BCUT2D eigenvalue weighted by molar-refractivity contribution is -0.115. The Morgan fingerprint density at radius 2 is 1.93 bits per heavy atom. The molecule has 0 bridgehead atoms. The summed E-state index contributed by atoms with van der Waals surface area (Å²) >= 11 is 13.5. The van der Waals surface area contributed by atoms with Crippen LogP contribution in [0.5, 0.6) is 0 Å². The lowest BCUT2D eigenvalue weighted by atomic mass is 10.00. The van der Waals surface area contributed by atoms with Crippen LogP contribution in [-0.4, -0.2) is 39.0 Å². The zero-order chi connectivity index (χ0) is 20.5. The van der Waals surface area contributed by atoms with E-state index in [0.717, 1.165) is 43.0 Å². The standard InChI is InChI=1S/C20H25Cl2N5OS/c1-12-7-9-26(10-8-12)19-24-25-20(27(19)15-4-5-15)29-13(2)18(28)23-17-6-3-14(21)11-16(17)22/h3,6,11-13,15H,4-5,7-10H2,1-2H3,(H,23,28). The smallest absolute Gasteiger partial charge is 0.237 e. The molecule has 1 N–H and O–H groups in total. The molecule has 2 fully saturated rings. The fourth-order valence-corrected chi connectivity index (χ4v) is 4.83. The molecule has 2 heterocycles. The maximum Gasteiger partial charge on any atom is 0.237 e. The van der Waals surface area contributed by atoms with Crippen molar-refractivity contribution in [3.8, 4) is 0 Å². The predicted octanol–water partition coefficient (Wildman–Crippen LogP) is 5.28. The van der Waals surface area contributed by atoms with Crippen molar-refractivity contribution < 1.29 is 4.79 Å². The molecular formula is C20H25Cl2N5OS. The third-order valence-electron chi connectivity index (χ3n) is 5.47. The lowest BCUT2D eigenvalue weighted by Gasteiger charge is -2.31. The first-order chi connectivity index (χ1) is 13.9. The van der Waals surface area contributed by atoms with Crippen molar-refractivity contribution >= 4 is 52.5 Å². The lowest BCUT2D eigenvalue weighted by Crippen LogP contribution is -2.34. The topological polar surface area (TPSA) is 63.1 Å². The van der Waals surface area contributed by atoms with Crippen molar-refractivity contribution in [1.29, 1.82) is 0 Å². The van der Waals surface area contributed by atoms with Gasteiger partial charge in [0.2, 0.25) is 11.9 Å². The Balaban J connectivity index is 1.46. The Morgan fingerprint density at radius 3 is 2.59 bits per heavy atom. The Bertz CT molecular complexity index is 893. The SMILES string of the molecule is CC1CCN(c2nnc(SC(C)C(=O)Nc3ccc(Cl)cc3Cl)n2C2CC2)CC1. The summed E-state index contributed by atoms with van der Waals surface area (Å²) < 4.78 is 2.24. The van der Waals surface area contributed by atoms with Crippen molar-refractivity contribution in [2.24, 2.45) is 5.92 Å². The van der Waals surface area contributed by atoms with Crippen LogP contribution in [0.2, 0.25) is 10.0 Å². The highest BCUT2D eigenvalue weighted by Crippen LogP contribution is 2.42. The summed E-state index contributed by atoms with van der Waals surface area (Å²) in [6.45, 7) is 6.21. The molecule has 1 amide bonds. The average molecular weight is 454 g/mol. The molecule has 4 rings (SSSR count). The van der Waals surface area contributed by atoms with Gasteiger partial charge in [-0.3, -0.25) is 9.36 Å². The second-order valence-electron chi connectivity index (χ2n) is 7.93. The summed E-state index contributed by atoms with van der Waals surface area (Å²) in [4.78, 5) is 15.0. The van der Waals surface area contributed by atoms with Crippen LogP contribution in [0.15, 0.2) is 23.4 Å². The molecule has 1 aliphatic carbocycles. The number of carbonyl (C=O) groups excluding carboxylic acids is 1. The molecule has 156 valence electrons. The van der Waals surface area contributed by atoms with E-state index >= 15 is 0 Å². The van der Waals surface area contributed by atoms with Gasteiger partial charge in [-0.05, 0) is 56.7 Å². The van der Waals surface area contributed by atoms with Crippen molar-refractivity contribution in [3.05, 3.63) is 28.2 Å². The van der Waals surface area contributed by atoms with E-state index in [-0.39, 0.29) is 11.2 Å². The number of anilines is 2. The van der Waals surface area contributed by atoms with Crippen molar-refractivity contribution in [2.45, 2.75) is 56.0 Å². The zero-order valence-electron chi connectivity index (χ0n) is 16.6. The third kappa shape index (κ3) is 4.84. The molecule has 2 aliphatic rings. The molecule has 1 saturated heterocycles. The minimum Gasteiger partial charge on any atom is -0.341 e. The van der Waals surface area contributed by atoms with Gasteiger partial charge in [-0.1, -0.05) is 41.9 Å². The van der Waals surface area contributed by atoms with Gasteiger partial charge >= 0.3 is 0 Å². The molecule has 1 unspecified atom stereocenters. The molecule has 9 heteroatoms. The number of rotatable bonds is 6. The summed E-state index contributed by atoms with van der Waals surface area (Å²) in [5, 5.41) is 13.2. The highest BCUT2D eigenvalue weighted by molar-refractivity contribution is 8.00. The Labute approximate surface area is 185 Å².